The molecule has 3 aromatic rings. The number of ether oxygens (including phenoxy) is 1. The number of anilines is 1. The molecule has 34 heavy (non-hydrogen) atoms. The van der Waals surface area contributed by atoms with Gasteiger partial charge in [-0.05, 0) is 50.1 Å². The molecule has 0 atom stereocenters. The van der Waals surface area contributed by atoms with E-state index in [0.717, 1.165) is 33.8 Å². The molecule has 1 aromatic heterocycles. The predicted molar refractivity (Wildman–Crippen MR) is 135 cm³/mol. The van der Waals surface area contributed by atoms with E-state index in [4.69, 9.17) is 4.74 Å². The van der Waals surface area contributed by atoms with Crippen molar-refractivity contribution in [2.45, 2.75) is 33.9 Å². The molecule has 7 heteroatoms. The lowest BCUT2D eigenvalue weighted by Crippen LogP contribution is -2.28. The summed E-state index contributed by atoms with van der Waals surface area (Å²) in [6, 6.07) is 16.2. The Morgan fingerprint density at radius 2 is 1.65 bits per heavy atom. The Balaban J connectivity index is 1.49. The summed E-state index contributed by atoms with van der Waals surface area (Å²) < 4.78 is 7.01. The van der Waals surface area contributed by atoms with Gasteiger partial charge in [0.1, 0.15) is 0 Å². The number of carbonyl (C=O) groups is 2. The third-order valence-electron chi connectivity index (χ3n) is 5.56. The maximum absolute atomic E-state index is 12.1. The minimum absolute atomic E-state index is 0.330. The number of nitrogens with one attached hydrogen (secondary N) is 1. The van der Waals surface area contributed by atoms with Crippen molar-refractivity contribution >= 4 is 23.6 Å². The number of amides is 1. The van der Waals surface area contributed by atoms with Crippen molar-refractivity contribution in [1.82, 2.24) is 15.1 Å². The number of benzene rings is 2. The molecule has 0 saturated carbocycles. The Bertz CT molecular complexity index is 1160. The van der Waals surface area contributed by atoms with Gasteiger partial charge in [0.05, 0.1) is 12.2 Å². The van der Waals surface area contributed by atoms with E-state index in [1.54, 1.807) is 6.08 Å². The maximum Gasteiger partial charge on any atom is 0.331 e. The highest BCUT2D eigenvalue weighted by molar-refractivity contribution is 5.89. The second-order valence-corrected chi connectivity index (χ2v) is 8.51. The molecule has 0 unspecified atom stereocenters. The Morgan fingerprint density at radius 1 is 1.00 bits per heavy atom. The molecule has 1 N–H and O–H groups in total. The van der Waals surface area contributed by atoms with Crippen LogP contribution in [0, 0.1) is 20.8 Å². The summed E-state index contributed by atoms with van der Waals surface area (Å²) in [5.74, 6) is -0.924. The average Bonchev–Trinajstić information content (AvgIpc) is 3.08. The molecule has 0 radical (unpaired) electrons. The molecule has 3 rings (SSSR count). The molecule has 1 heterocycles. The van der Waals surface area contributed by atoms with Gasteiger partial charge in [0.15, 0.2) is 6.61 Å². The smallest absolute Gasteiger partial charge is 0.331 e. The number of nitrogens with zero attached hydrogens (tertiary/aromatic N) is 3. The summed E-state index contributed by atoms with van der Waals surface area (Å²) in [4.78, 5) is 26.2. The van der Waals surface area contributed by atoms with Crippen molar-refractivity contribution in [2.75, 3.05) is 25.6 Å². The van der Waals surface area contributed by atoms with E-state index in [1.807, 2.05) is 61.8 Å². The number of hydrogen-bond donors (Lipinski definition) is 1. The summed E-state index contributed by atoms with van der Waals surface area (Å²) in [7, 11) is 3.94. The summed E-state index contributed by atoms with van der Waals surface area (Å²) >= 11 is 0. The Morgan fingerprint density at radius 3 is 2.29 bits per heavy atom. The second-order valence-electron chi connectivity index (χ2n) is 8.51. The molecule has 1 amide bonds. The summed E-state index contributed by atoms with van der Waals surface area (Å²) in [5, 5.41) is 7.35. The van der Waals surface area contributed by atoms with Crippen LogP contribution in [0.15, 0.2) is 54.6 Å². The van der Waals surface area contributed by atoms with Gasteiger partial charge in [-0.3, -0.25) is 9.48 Å². The fourth-order valence-corrected chi connectivity index (χ4v) is 3.47. The monoisotopic (exact) mass is 460 g/mol. The van der Waals surface area contributed by atoms with Crippen LogP contribution in [0.5, 0.6) is 0 Å². The standard InChI is InChI=1S/C27H32N4O3/c1-19-6-8-23(9-7-19)17-31-21(3)25(20(2)29-31)14-15-27(33)34-18-26(32)28-16-22-10-12-24(13-11-22)30(4)5/h6-15H,16-18H2,1-5H3,(H,28,32)/b15-14+. The fraction of sp³-hybridized carbons (Fsp3) is 0.296. The van der Waals surface area contributed by atoms with Gasteiger partial charge in [-0.25, -0.2) is 4.79 Å². The van der Waals surface area contributed by atoms with Crippen LogP contribution in [0.25, 0.3) is 6.08 Å². The van der Waals surface area contributed by atoms with Crippen LogP contribution in [0.2, 0.25) is 0 Å². The van der Waals surface area contributed by atoms with Crippen LogP contribution >= 0.6 is 0 Å². The Labute approximate surface area is 201 Å². The number of aromatic nitrogens is 2. The Hall–Kier alpha value is -3.87. The van der Waals surface area contributed by atoms with E-state index in [-0.39, 0.29) is 12.5 Å². The number of carbonyl (C=O) groups excluding carboxylic acids is 2. The SMILES string of the molecule is Cc1ccc(Cn2nc(C)c(/C=C/C(=O)OCC(=O)NCc3ccc(N(C)C)cc3)c2C)cc1. The molecule has 178 valence electrons. The number of rotatable bonds is 9. The minimum atomic E-state index is -0.574. The van der Waals surface area contributed by atoms with Gasteiger partial charge in [-0.2, -0.15) is 5.10 Å². The van der Waals surface area contributed by atoms with E-state index in [2.05, 4.69) is 41.6 Å². The van der Waals surface area contributed by atoms with Crippen LogP contribution in [-0.2, 0) is 27.4 Å². The van der Waals surface area contributed by atoms with Crippen LogP contribution in [0.1, 0.15) is 33.6 Å². The molecular formula is C27H32N4O3. The lowest BCUT2D eigenvalue weighted by molar-refractivity contribution is -0.143. The average molecular weight is 461 g/mol. The first-order valence-corrected chi connectivity index (χ1v) is 11.2. The van der Waals surface area contributed by atoms with Crippen LogP contribution in [-0.4, -0.2) is 42.4 Å². The van der Waals surface area contributed by atoms with Crippen molar-refractivity contribution in [3.05, 3.63) is 88.2 Å². The highest BCUT2D eigenvalue weighted by atomic mass is 16.5. The molecule has 0 spiro atoms. The maximum atomic E-state index is 12.1. The normalized spacial score (nSPS) is 11.0. The number of hydrogen-bond acceptors (Lipinski definition) is 5. The molecule has 2 aromatic carbocycles. The molecular weight excluding hydrogens is 428 g/mol. The Kier molecular flexibility index (Phi) is 8.24. The van der Waals surface area contributed by atoms with E-state index >= 15 is 0 Å². The summed E-state index contributed by atoms with van der Waals surface area (Å²) in [6.07, 6.45) is 3.02. The van der Waals surface area contributed by atoms with E-state index in [1.165, 1.54) is 11.6 Å². The summed E-state index contributed by atoms with van der Waals surface area (Å²) in [5.41, 5.74) is 7.08. The van der Waals surface area contributed by atoms with Gasteiger partial charge in [0.25, 0.3) is 5.91 Å². The van der Waals surface area contributed by atoms with Crippen molar-refractivity contribution in [3.8, 4) is 0 Å². The van der Waals surface area contributed by atoms with Gasteiger partial charge in [-0.1, -0.05) is 42.0 Å². The third-order valence-corrected chi connectivity index (χ3v) is 5.56. The van der Waals surface area contributed by atoms with Crippen molar-refractivity contribution in [2.24, 2.45) is 0 Å². The quantitative estimate of drug-likeness (QED) is 0.388. The first kappa shape index (κ1) is 24.8. The van der Waals surface area contributed by atoms with E-state index in [0.29, 0.717) is 13.1 Å². The van der Waals surface area contributed by atoms with Gasteiger partial charge < -0.3 is 15.0 Å². The largest absolute Gasteiger partial charge is 0.452 e. The van der Waals surface area contributed by atoms with E-state index < -0.39 is 5.97 Å². The van der Waals surface area contributed by atoms with Gasteiger partial charge in [0, 0.05) is 43.7 Å². The molecule has 0 fully saturated rings. The number of aryl methyl sites for hydroxylation is 2. The molecule has 0 saturated heterocycles. The van der Waals surface area contributed by atoms with Crippen molar-refractivity contribution in [1.29, 1.82) is 0 Å². The highest BCUT2D eigenvalue weighted by Gasteiger charge is 2.11. The lowest BCUT2D eigenvalue weighted by atomic mass is 10.1. The number of esters is 1. The molecule has 7 nitrogen and oxygen atoms in total. The van der Waals surface area contributed by atoms with Gasteiger partial charge in [0.2, 0.25) is 0 Å². The molecule has 0 aliphatic carbocycles. The van der Waals surface area contributed by atoms with Gasteiger partial charge in [-0.15, -0.1) is 0 Å². The fourth-order valence-electron chi connectivity index (χ4n) is 3.47. The zero-order valence-corrected chi connectivity index (χ0v) is 20.5. The first-order chi connectivity index (χ1) is 16.2. The van der Waals surface area contributed by atoms with Crippen molar-refractivity contribution in [3.63, 3.8) is 0 Å². The molecule has 0 aliphatic heterocycles. The predicted octanol–water partition coefficient (Wildman–Crippen LogP) is 3.80. The zero-order chi connectivity index (χ0) is 24.7. The third kappa shape index (κ3) is 6.81. The van der Waals surface area contributed by atoms with Crippen molar-refractivity contribution < 1.29 is 14.3 Å². The van der Waals surface area contributed by atoms with E-state index in [9.17, 15) is 9.59 Å². The summed E-state index contributed by atoms with van der Waals surface area (Å²) in [6.45, 7) is 6.63. The van der Waals surface area contributed by atoms with Crippen LogP contribution < -0.4 is 10.2 Å². The second kappa shape index (κ2) is 11.3. The minimum Gasteiger partial charge on any atom is -0.452 e. The molecule has 0 bridgehead atoms. The lowest BCUT2D eigenvalue weighted by Gasteiger charge is -2.12. The highest BCUT2D eigenvalue weighted by Crippen LogP contribution is 2.17. The van der Waals surface area contributed by atoms with Crippen LogP contribution in [0.3, 0.4) is 0 Å². The topological polar surface area (TPSA) is 76.5 Å². The molecule has 0 aliphatic rings. The first-order valence-electron chi connectivity index (χ1n) is 11.2. The zero-order valence-electron chi connectivity index (χ0n) is 20.5. The van der Waals surface area contributed by atoms with Gasteiger partial charge >= 0.3 is 5.97 Å². The van der Waals surface area contributed by atoms with Crippen LogP contribution in [0.4, 0.5) is 5.69 Å².